The van der Waals surface area contributed by atoms with Gasteiger partial charge in [-0.2, -0.15) is 0 Å². The minimum Gasteiger partial charge on any atom is -0.256 e. The molecule has 2 nitrogen and oxygen atoms in total. The van der Waals surface area contributed by atoms with Crippen LogP contribution in [-0.2, 0) is 0 Å². The molecular formula is C10H5ClN2. The van der Waals surface area contributed by atoms with Crippen molar-refractivity contribution in [2.24, 2.45) is 0 Å². The molecule has 1 aromatic carbocycles. The number of pyridine rings is 1. The summed E-state index contributed by atoms with van der Waals surface area (Å²) in [4.78, 5) is 7.46. The fourth-order valence-corrected chi connectivity index (χ4v) is 1.38. The second-order valence-corrected chi connectivity index (χ2v) is 3.01. The molecule has 3 heteroatoms. The number of hydrogen-bond donors (Lipinski definition) is 0. The van der Waals surface area contributed by atoms with E-state index in [-0.39, 0.29) is 0 Å². The van der Waals surface area contributed by atoms with E-state index in [4.69, 9.17) is 18.2 Å². The van der Waals surface area contributed by atoms with Crippen LogP contribution in [-0.4, -0.2) is 4.98 Å². The Hall–Kier alpha value is -1.59. The van der Waals surface area contributed by atoms with Crippen molar-refractivity contribution >= 4 is 28.2 Å². The molecule has 1 heterocycles. The maximum Gasteiger partial charge on any atom is 0.188 e. The van der Waals surface area contributed by atoms with Gasteiger partial charge in [-0.25, -0.2) is 4.85 Å². The van der Waals surface area contributed by atoms with E-state index < -0.39 is 0 Å². The fourth-order valence-electron chi connectivity index (χ4n) is 1.17. The highest BCUT2D eigenvalue weighted by atomic mass is 35.5. The molecule has 13 heavy (non-hydrogen) atoms. The predicted octanol–water partition coefficient (Wildman–Crippen LogP) is 3.44. The molecule has 1 aromatic heterocycles. The summed E-state index contributed by atoms with van der Waals surface area (Å²) in [6, 6.07) is 7.00. The molecule has 2 rings (SSSR count). The van der Waals surface area contributed by atoms with Crippen molar-refractivity contribution < 1.29 is 0 Å². The van der Waals surface area contributed by atoms with Gasteiger partial charge < -0.3 is 0 Å². The number of benzene rings is 1. The third-order valence-corrected chi connectivity index (χ3v) is 2.13. The van der Waals surface area contributed by atoms with Gasteiger partial charge >= 0.3 is 0 Å². The van der Waals surface area contributed by atoms with E-state index >= 15 is 0 Å². The molecule has 62 valence electrons. The SMILES string of the molecule is [C-]#[N+]c1ccc2nccc(Cl)c2c1. The maximum atomic E-state index is 6.85. The molecule has 0 fully saturated rings. The Morgan fingerprint density at radius 2 is 2.15 bits per heavy atom. The molecule has 0 N–H and O–H groups in total. The summed E-state index contributed by atoms with van der Waals surface area (Å²) < 4.78 is 0. The Morgan fingerprint density at radius 1 is 1.31 bits per heavy atom. The summed E-state index contributed by atoms with van der Waals surface area (Å²) in [6.45, 7) is 6.85. The fraction of sp³-hybridized carbons (Fsp3) is 0. The zero-order valence-corrected chi connectivity index (χ0v) is 7.42. The first-order chi connectivity index (χ1) is 6.31. The number of rotatable bonds is 0. The van der Waals surface area contributed by atoms with Gasteiger partial charge in [-0.15, -0.1) is 0 Å². The van der Waals surface area contributed by atoms with Gasteiger partial charge in [0.25, 0.3) is 0 Å². The van der Waals surface area contributed by atoms with Crippen LogP contribution in [0.4, 0.5) is 5.69 Å². The lowest BCUT2D eigenvalue weighted by Gasteiger charge is -1.98. The van der Waals surface area contributed by atoms with Gasteiger partial charge in [0.1, 0.15) is 0 Å². The highest BCUT2D eigenvalue weighted by Crippen LogP contribution is 2.25. The summed E-state index contributed by atoms with van der Waals surface area (Å²) in [5, 5.41) is 1.47. The second kappa shape index (κ2) is 3.04. The van der Waals surface area contributed by atoms with Crippen LogP contribution in [0.15, 0.2) is 30.5 Å². The molecule has 0 unspecified atom stereocenters. The third kappa shape index (κ3) is 1.34. The van der Waals surface area contributed by atoms with E-state index in [1.54, 1.807) is 30.5 Å². The summed E-state index contributed by atoms with van der Waals surface area (Å²) in [5.74, 6) is 0. The normalized spacial score (nSPS) is 9.85. The summed E-state index contributed by atoms with van der Waals surface area (Å²) in [5.41, 5.74) is 1.40. The molecule has 0 aliphatic carbocycles. The van der Waals surface area contributed by atoms with Crippen LogP contribution in [0.1, 0.15) is 0 Å². The number of halogens is 1. The van der Waals surface area contributed by atoms with Crippen LogP contribution in [0.3, 0.4) is 0 Å². The molecule has 0 spiro atoms. The lowest BCUT2D eigenvalue weighted by molar-refractivity contribution is 1.41. The monoisotopic (exact) mass is 188 g/mol. The number of aromatic nitrogens is 1. The molecule has 0 aliphatic rings. The van der Waals surface area contributed by atoms with Crippen molar-refractivity contribution in [3.63, 3.8) is 0 Å². The zero-order valence-electron chi connectivity index (χ0n) is 6.66. The van der Waals surface area contributed by atoms with Crippen molar-refractivity contribution in [2.45, 2.75) is 0 Å². The lowest BCUT2D eigenvalue weighted by atomic mass is 10.2. The van der Waals surface area contributed by atoms with Crippen molar-refractivity contribution in [1.29, 1.82) is 0 Å². The van der Waals surface area contributed by atoms with E-state index in [9.17, 15) is 0 Å². The molecule has 2 aromatic rings. The first-order valence-corrected chi connectivity index (χ1v) is 4.11. The summed E-state index contributed by atoms with van der Waals surface area (Å²) >= 11 is 5.94. The summed E-state index contributed by atoms with van der Waals surface area (Å²) in [6.07, 6.45) is 1.65. The van der Waals surface area contributed by atoms with Gasteiger partial charge in [-0.3, -0.25) is 4.98 Å². The standard InChI is InChI=1S/C10H5ClN2/c1-12-7-2-3-10-8(6-7)9(11)4-5-13-10/h2-6H. The first-order valence-electron chi connectivity index (χ1n) is 3.73. The average Bonchev–Trinajstić information content (AvgIpc) is 2.18. The quantitative estimate of drug-likeness (QED) is 0.579. The third-order valence-electron chi connectivity index (χ3n) is 1.80. The van der Waals surface area contributed by atoms with Crippen LogP contribution >= 0.6 is 11.6 Å². The second-order valence-electron chi connectivity index (χ2n) is 2.61. The Balaban J connectivity index is 2.84. The van der Waals surface area contributed by atoms with Gasteiger partial charge in [-0.1, -0.05) is 17.7 Å². The molecule has 0 atom stereocenters. The van der Waals surface area contributed by atoms with Gasteiger partial charge in [0.2, 0.25) is 0 Å². The molecule has 0 radical (unpaired) electrons. The number of hydrogen-bond acceptors (Lipinski definition) is 1. The Labute approximate surface area is 80.6 Å². The average molecular weight is 189 g/mol. The van der Waals surface area contributed by atoms with Gasteiger partial charge in [0.05, 0.1) is 17.1 Å². The van der Waals surface area contributed by atoms with E-state index in [0.29, 0.717) is 10.7 Å². The smallest absolute Gasteiger partial charge is 0.188 e. The van der Waals surface area contributed by atoms with Gasteiger partial charge in [-0.05, 0) is 18.2 Å². The number of fused-ring (bicyclic) bond motifs is 1. The Morgan fingerprint density at radius 3 is 2.92 bits per heavy atom. The van der Waals surface area contributed by atoms with Gasteiger partial charge in [0, 0.05) is 11.6 Å². The largest absolute Gasteiger partial charge is 0.256 e. The molecular weight excluding hydrogens is 184 g/mol. The molecule has 0 amide bonds. The number of nitrogens with zero attached hydrogens (tertiary/aromatic N) is 2. The Bertz CT molecular complexity index is 500. The van der Waals surface area contributed by atoms with E-state index in [1.165, 1.54) is 0 Å². The van der Waals surface area contributed by atoms with Gasteiger partial charge in [0.15, 0.2) is 5.69 Å². The van der Waals surface area contributed by atoms with Crippen molar-refractivity contribution in [1.82, 2.24) is 4.98 Å². The molecule has 0 bridgehead atoms. The minimum atomic E-state index is 0.586. The minimum absolute atomic E-state index is 0.586. The van der Waals surface area contributed by atoms with E-state index in [2.05, 4.69) is 9.83 Å². The molecule has 0 aliphatic heterocycles. The lowest BCUT2D eigenvalue weighted by Crippen LogP contribution is -1.77. The zero-order chi connectivity index (χ0) is 9.26. The first kappa shape index (κ1) is 8.03. The highest BCUT2D eigenvalue weighted by Gasteiger charge is 1.99. The highest BCUT2D eigenvalue weighted by molar-refractivity contribution is 6.35. The topological polar surface area (TPSA) is 17.2 Å². The summed E-state index contributed by atoms with van der Waals surface area (Å²) in [7, 11) is 0. The van der Waals surface area contributed by atoms with E-state index in [0.717, 1.165) is 10.9 Å². The predicted molar refractivity (Wildman–Crippen MR) is 53.0 cm³/mol. The van der Waals surface area contributed by atoms with E-state index in [1.807, 2.05) is 0 Å². The van der Waals surface area contributed by atoms with Crippen LogP contribution < -0.4 is 0 Å². The van der Waals surface area contributed by atoms with Crippen LogP contribution in [0.25, 0.3) is 15.7 Å². The van der Waals surface area contributed by atoms with Crippen molar-refractivity contribution in [2.75, 3.05) is 0 Å². The Kier molecular flexibility index (Phi) is 1.88. The van der Waals surface area contributed by atoms with Crippen LogP contribution in [0.2, 0.25) is 5.02 Å². The van der Waals surface area contributed by atoms with Crippen molar-refractivity contribution in [3.05, 3.63) is 46.9 Å². The molecule has 0 saturated heterocycles. The van der Waals surface area contributed by atoms with Crippen molar-refractivity contribution in [3.8, 4) is 0 Å². The van der Waals surface area contributed by atoms with Crippen LogP contribution in [0.5, 0.6) is 0 Å². The van der Waals surface area contributed by atoms with Crippen LogP contribution in [0, 0.1) is 6.57 Å². The molecule has 0 saturated carbocycles. The maximum absolute atomic E-state index is 6.85.